The normalized spacial score (nSPS) is 14.0. The molecule has 0 saturated heterocycles. The number of amidine groups is 1. The maximum absolute atomic E-state index is 8.46. The summed E-state index contributed by atoms with van der Waals surface area (Å²) in [5, 5.41) is 14.7. The molecule has 0 aliphatic rings. The first-order valence-electron chi connectivity index (χ1n) is 6.02. The minimum absolute atomic E-state index is 0.255. The number of unbranched alkanes of at least 4 members (excludes halogenated alkanes) is 1. The molecular formula is C11H25N3O2. The molecule has 0 fully saturated rings. The van der Waals surface area contributed by atoms with Crippen LogP contribution in [0.3, 0.4) is 0 Å². The Bertz CT molecular complexity index is 186. The molecule has 5 nitrogen and oxygen atoms in total. The van der Waals surface area contributed by atoms with Gasteiger partial charge in [0.15, 0.2) is 0 Å². The number of ether oxygens (including phenoxy) is 1. The molecule has 1 unspecified atom stereocenters. The zero-order valence-corrected chi connectivity index (χ0v) is 10.4. The van der Waals surface area contributed by atoms with E-state index in [1.807, 2.05) is 0 Å². The molecule has 16 heavy (non-hydrogen) atoms. The van der Waals surface area contributed by atoms with Gasteiger partial charge in [-0.1, -0.05) is 25.4 Å². The molecule has 0 aromatic heterocycles. The van der Waals surface area contributed by atoms with E-state index in [0.717, 1.165) is 32.4 Å². The minimum Gasteiger partial charge on any atom is -0.409 e. The van der Waals surface area contributed by atoms with Crippen LogP contribution in [0.2, 0.25) is 0 Å². The van der Waals surface area contributed by atoms with Gasteiger partial charge in [-0.15, -0.1) is 0 Å². The lowest BCUT2D eigenvalue weighted by atomic mass is 10.1. The van der Waals surface area contributed by atoms with Crippen LogP contribution in [-0.2, 0) is 4.74 Å². The SMILES string of the molecule is CCCCOCCNC(CC)CC(N)=NO. The molecule has 4 N–H and O–H groups in total. The standard InChI is InChI=1S/C11H25N3O2/c1-3-5-7-16-8-6-13-10(4-2)9-11(12)14-15/h10,13,15H,3-9H2,1-2H3,(H2,12,14). The van der Waals surface area contributed by atoms with E-state index in [4.69, 9.17) is 15.7 Å². The Balaban J connectivity index is 3.48. The van der Waals surface area contributed by atoms with Crippen LogP contribution in [0, 0.1) is 0 Å². The van der Waals surface area contributed by atoms with Crippen LogP contribution in [0.5, 0.6) is 0 Å². The monoisotopic (exact) mass is 231 g/mol. The summed E-state index contributed by atoms with van der Waals surface area (Å²) in [4.78, 5) is 0. The van der Waals surface area contributed by atoms with Crippen molar-refractivity contribution in [3.8, 4) is 0 Å². The molecule has 0 saturated carbocycles. The first kappa shape index (κ1) is 15.2. The fraction of sp³-hybridized carbons (Fsp3) is 0.909. The van der Waals surface area contributed by atoms with E-state index in [-0.39, 0.29) is 11.9 Å². The molecule has 0 heterocycles. The summed E-state index contributed by atoms with van der Waals surface area (Å²) < 4.78 is 5.43. The van der Waals surface area contributed by atoms with E-state index >= 15 is 0 Å². The highest BCUT2D eigenvalue weighted by Crippen LogP contribution is 1.97. The number of nitrogens with zero attached hydrogens (tertiary/aromatic N) is 1. The van der Waals surface area contributed by atoms with Crippen molar-refractivity contribution in [2.75, 3.05) is 19.8 Å². The maximum Gasteiger partial charge on any atom is 0.140 e. The Morgan fingerprint density at radius 3 is 2.75 bits per heavy atom. The van der Waals surface area contributed by atoms with E-state index in [1.54, 1.807) is 0 Å². The zero-order valence-electron chi connectivity index (χ0n) is 10.4. The summed E-state index contributed by atoms with van der Waals surface area (Å²) in [5.74, 6) is 0.270. The molecular weight excluding hydrogens is 206 g/mol. The number of nitrogens with one attached hydrogen (secondary N) is 1. The van der Waals surface area contributed by atoms with E-state index < -0.39 is 0 Å². The quantitative estimate of drug-likeness (QED) is 0.174. The van der Waals surface area contributed by atoms with Crippen molar-refractivity contribution >= 4 is 5.84 Å². The lowest BCUT2D eigenvalue weighted by Gasteiger charge is -2.15. The van der Waals surface area contributed by atoms with Gasteiger partial charge in [0.05, 0.1) is 6.61 Å². The van der Waals surface area contributed by atoms with Crippen molar-refractivity contribution in [1.82, 2.24) is 5.32 Å². The summed E-state index contributed by atoms with van der Waals surface area (Å²) in [7, 11) is 0. The van der Waals surface area contributed by atoms with Gasteiger partial charge in [0.1, 0.15) is 5.84 Å². The van der Waals surface area contributed by atoms with Gasteiger partial charge in [0.25, 0.3) is 0 Å². The number of rotatable bonds is 10. The van der Waals surface area contributed by atoms with Gasteiger partial charge in [0, 0.05) is 25.6 Å². The molecule has 1 atom stereocenters. The van der Waals surface area contributed by atoms with Crippen LogP contribution in [0.4, 0.5) is 0 Å². The molecule has 0 aromatic rings. The minimum atomic E-state index is 0.255. The highest BCUT2D eigenvalue weighted by Gasteiger charge is 2.07. The van der Waals surface area contributed by atoms with Crippen molar-refractivity contribution < 1.29 is 9.94 Å². The van der Waals surface area contributed by atoms with Gasteiger partial charge in [-0.25, -0.2) is 0 Å². The van der Waals surface area contributed by atoms with Crippen LogP contribution in [0.25, 0.3) is 0 Å². The third-order valence-electron chi connectivity index (χ3n) is 2.40. The Morgan fingerprint density at radius 2 is 2.19 bits per heavy atom. The van der Waals surface area contributed by atoms with Crippen molar-refractivity contribution in [3.05, 3.63) is 0 Å². The Labute approximate surface area is 98.0 Å². The first-order chi connectivity index (χ1) is 7.74. The van der Waals surface area contributed by atoms with E-state index in [0.29, 0.717) is 13.0 Å². The molecule has 0 amide bonds. The van der Waals surface area contributed by atoms with Crippen LogP contribution in [0.15, 0.2) is 5.16 Å². The van der Waals surface area contributed by atoms with Gasteiger partial charge >= 0.3 is 0 Å². The molecule has 0 aliphatic carbocycles. The average molecular weight is 231 g/mol. The lowest BCUT2D eigenvalue weighted by Crippen LogP contribution is -2.35. The molecule has 5 heteroatoms. The fourth-order valence-corrected chi connectivity index (χ4v) is 1.34. The summed E-state index contributed by atoms with van der Waals surface area (Å²) in [5.41, 5.74) is 5.45. The van der Waals surface area contributed by atoms with E-state index in [2.05, 4.69) is 24.3 Å². The summed E-state index contributed by atoms with van der Waals surface area (Å²) >= 11 is 0. The summed E-state index contributed by atoms with van der Waals surface area (Å²) in [6.07, 6.45) is 3.79. The smallest absolute Gasteiger partial charge is 0.140 e. The predicted molar refractivity (Wildman–Crippen MR) is 65.8 cm³/mol. The van der Waals surface area contributed by atoms with Crippen LogP contribution >= 0.6 is 0 Å². The third kappa shape index (κ3) is 8.49. The number of hydrogen-bond acceptors (Lipinski definition) is 4. The lowest BCUT2D eigenvalue weighted by molar-refractivity contribution is 0.131. The molecule has 0 bridgehead atoms. The topological polar surface area (TPSA) is 79.9 Å². The van der Waals surface area contributed by atoms with Gasteiger partial charge in [-0.3, -0.25) is 0 Å². The first-order valence-corrected chi connectivity index (χ1v) is 6.02. The molecule has 96 valence electrons. The molecule has 0 spiro atoms. The fourth-order valence-electron chi connectivity index (χ4n) is 1.34. The Kier molecular flexibility index (Phi) is 10.2. The van der Waals surface area contributed by atoms with Crippen LogP contribution < -0.4 is 11.1 Å². The van der Waals surface area contributed by atoms with Gasteiger partial charge in [-0.2, -0.15) is 0 Å². The predicted octanol–water partition coefficient (Wildman–Crippen LogP) is 1.31. The third-order valence-corrected chi connectivity index (χ3v) is 2.40. The second kappa shape index (κ2) is 10.7. The van der Waals surface area contributed by atoms with Gasteiger partial charge in [0.2, 0.25) is 0 Å². The van der Waals surface area contributed by atoms with Crippen LogP contribution in [0.1, 0.15) is 39.5 Å². The maximum atomic E-state index is 8.46. The number of nitrogens with two attached hydrogens (primary N) is 1. The highest BCUT2D eigenvalue weighted by molar-refractivity contribution is 5.80. The zero-order chi connectivity index (χ0) is 12.2. The molecule has 0 rings (SSSR count). The number of hydrogen-bond donors (Lipinski definition) is 3. The Morgan fingerprint density at radius 1 is 1.44 bits per heavy atom. The molecule has 0 aliphatic heterocycles. The van der Waals surface area contributed by atoms with Crippen LogP contribution in [-0.4, -0.2) is 36.8 Å². The van der Waals surface area contributed by atoms with Gasteiger partial charge in [-0.05, 0) is 12.8 Å². The second-order valence-electron chi connectivity index (χ2n) is 3.82. The van der Waals surface area contributed by atoms with E-state index in [1.165, 1.54) is 0 Å². The second-order valence-corrected chi connectivity index (χ2v) is 3.82. The highest BCUT2D eigenvalue weighted by atomic mass is 16.5. The van der Waals surface area contributed by atoms with Gasteiger partial charge < -0.3 is 21.0 Å². The molecule has 0 radical (unpaired) electrons. The number of oxime groups is 1. The Hall–Kier alpha value is -0.810. The largest absolute Gasteiger partial charge is 0.409 e. The summed E-state index contributed by atoms with van der Waals surface area (Å²) in [6.45, 7) is 6.56. The van der Waals surface area contributed by atoms with Crippen molar-refractivity contribution in [2.45, 2.75) is 45.6 Å². The van der Waals surface area contributed by atoms with Crippen molar-refractivity contribution in [2.24, 2.45) is 10.9 Å². The van der Waals surface area contributed by atoms with E-state index in [9.17, 15) is 0 Å². The summed E-state index contributed by atoms with van der Waals surface area (Å²) in [6, 6.07) is 0.255. The van der Waals surface area contributed by atoms with Crippen molar-refractivity contribution in [3.63, 3.8) is 0 Å². The molecule has 0 aromatic carbocycles. The average Bonchev–Trinajstić information content (AvgIpc) is 2.31. The van der Waals surface area contributed by atoms with Crippen molar-refractivity contribution in [1.29, 1.82) is 0 Å².